The van der Waals surface area contributed by atoms with E-state index < -0.39 is 0 Å². The lowest BCUT2D eigenvalue weighted by molar-refractivity contribution is 0.0203. The molecule has 0 unspecified atom stereocenters. The quantitative estimate of drug-likeness (QED) is 0.831. The number of benzene rings is 1. The highest BCUT2D eigenvalue weighted by atomic mass is 35.5. The lowest BCUT2D eigenvalue weighted by Gasteiger charge is -2.41. The van der Waals surface area contributed by atoms with Crippen LogP contribution in [-0.2, 0) is 4.74 Å². The maximum atomic E-state index is 14.6. The third kappa shape index (κ3) is 4.75. The van der Waals surface area contributed by atoms with Crippen LogP contribution < -0.4 is 5.32 Å². The Hall–Kier alpha value is -0.100. The Morgan fingerprint density at radius 3 is 2.46 bits per heavy atom. The molecule has 3 rings (SSSR count). The fourth-order valence-corrected chi connectivity index (χ4v) is 3.92. The minimum absolute atomic E-state index is 0. The first-order chi connectivity index (χ1) is 10.7. The van der Waals surface area contributed by atoms with Gasteiger partial charge in [-0.25, -0.2) is 4.39 Å². The van der Waals surface area contributed by atoms with E-state index in [1.54, 1.807) is 12.1 Å². The predicted octanol–water partition coefficient (Wildman–Crippen LogP) is 4.00. The Bertz CT molecular complexity index is 503. The summed E-state index contributed by atoms with van der Waals surface area (Å²) >= 11 is 6.52. The van der Waals surface area contributed by atoms with E-state index in [1.807, 2.05) is 6.92 Å². The van der Waals surface area contributed by atoms with Crippen LogP contribution in [0.15, 0.2) is 12.1 Å². The molecule has 1 aromatic carbocycles. The maximum absolute atomic E-state index is 14.6. The average Bonchev–Trinajstić information content (AvgIpc) is 2.57. The zero-order valence-corrected chi connectivity index (χ0v) is 16.3. The second-order valence-electron chi connectivity index (χ2n) is 6.27. The summed E-state index contributed by atoms with van der Waals surface area (Å²) in [7, 11) is 0. The number of hydrogen-bond acceptors (Lipinski definition) is 3. The van der Waals surface area contributed by atoms with Crippen LogP contribution in [-0.4, -0.2) is 44.3 Å². The van der Waals surface area contributed by atoms with E-state index in [-0.39, 0.29) is 36.7 Å². The molecular formula is C17H26Cl3FN2O. The molecule has 0 amide bonds. The van der Waals surface area contributed by atoms with Crippen molar-refractivity contribution in [3.8, 4) is 0 Å². The molecule has 138 valence electrons. The smallest absolute Gasteiger partial charge is 0.129 e. The molecule has 0 bridgehead atoms. The summed E-state index contributed by atoms with van der Waals surface area (Å²) in [5.74, 6) is 0.228. The van der Waals surface area contributed by atoms with Gasteiger partial charge in [-0.15, -0.1) is 24.8 Å². The third-order valence-corrected chi connectivity index (χ3v) is 5.37. The summed E-state index contributed by atoms with van der Waals surface area (Å²) < 4.78 is 20.1. The van der Waals surface area contributed by atoms with E-state index >= 15 is 0 Å². The van der Waals surface area contributed by atoms with Crippen LogP contribution in [0.5, 0.6) is 0 Å². The van der Waals surface area contributed by atoms with E-state index in [9.17, 15) is 4.39 Å². The summed E-state index contributed by atoms with van der Waals surface area (Å²) in [5.41, 5.74) is 1.64. The van der Waals surface area contributed by atoms with Crippen molar-refractivity contribution in [3.05, 3.63) is 34.1 Å². The molecule has 0 saturated carbocycles. The highest BCUT2D eigenvalue weighted by Crippen LogP contribution is 2.40. The molecule has 24 heavy (non-hydrogen) atoms. The van der Waals surface area contributed by atoms with Gasteiger partial charge in [0.1, 0.15) is 5.82 Å². The second-order valence-corrected chi connectivity index (χ2v) is 6.65. The van der Waals surface area contributed by atoms with Crippen LogP contribution in [0, 0.1) is 18.7 Å². The molecule has 2 saturated heterocycles. The number of piperazine rings is 1. The van der Waals surface area contributed by atoms with E-state index in [4.69, 9.17) is 16.3 Å². The third-order valence-electron chi connectivity index (χ3n) is 4.87. The molecule has 0 spiro atoms. The minimum Gasteiger partial charge on any atom is -0.381 e. The molecule has 2 aliphatic rings. The van der Waals surface area contributed by atoms with Crippen LogP contribution in [0.2, 0.25) is 5.02 Å². The Kier molecular flexibility index (Phi) is 9.28. The number of hydrogen-bond donors (Lipinski definition) is 1. The standard InChI is InChI=1S/C17H24ClFN2O.2ClH/c1-12-2-3-14(19)15(16(12)18)17(13-4-10-22-11-5-13)21-8-6-20-7-9-21;;/h2-3,13,17,20H,4-11H2,1H3;2*1H/t17-;;/m1../s1. The van der Waals surface area contributed by atoms with Crippen LogP contribution in [0.1, 0.15) is 30.0 Å². The van der Waals surface area contributed by atoms with Gasteiger partial charge in [0.15, 0.2) is 0 Å². The van der Waals surface area contributed by atoms with Crippen molar-refractivity contribution in [2.45, 2.75) is 25.8 Å². The lowest BCUT2D eigenvalue weighted by atomic mass is 9.84. The molecule has 0 aromatic heterocycles. The monoisotopic (exact) mass is 398 g/mol. The van der Waals surface area contributed by atoms with Gasteiger partial charge in [0, 0.05) is 51.0 Å². The van der Waals surface area contributed by atoms with Gasteiger partial charge in [0.2, 0.25) is 0 Å². The Morgan fingerprint density at radius 1 is 1.21 bits per heavy atom. The van der Waals surface area contributed by atoms with E-state index in [1.165, 1.54) is 0 Å². The second kappa shape index (κ2) is 10.1. The largest absolute Gasteiger partial charge is 0.381 e. The molecule has 3 nitrogen and oxygen atoms in total. The first-order valence-electron chi connectivity index (χ1n) is 8.15. The Labute approximate surface area is 161 Å². The summed E-state index contributed by atoms with van der Waals surface area (Å²) in [5, 5.41) is 3.96. The molecule has 1 aromatic rings. The number of nitrogens with one attached hydrogen (secondary N) is 1. The van der Waals surface area contributed by atoms with Crippen molar-refractivity contribution in [1.82, 2.24) is 10.2 Å². The van der Waals surface area contributed by atoms with Gasteiger partial charge in [-0.3, -0.25) is 4.90 Å². The molecule has 0 radical (unpaired) electrons. The topological polar surface area (TPSA) is 24.5 Å². The first-order valence-corrected chi connectivity index (χ1v) is 8.53. The maximum Gasteiger partial charge on any atom is 0.129 e. The van der Waals surface area contributed by atoms with Crippen LogP contribution in [0.4, 0.5) is 4.39 Å². The van der Waals surface area contributed by atoms with Gasteiger partial charge >= 0.3 is 0 Å². The zero-order valence-electron chi connectivity index (χ0n) is 13.9. The SMILES string of the molecule is Cc1ccc(F)c([C@@H](C2CCOCC2)N2CCNCC2)c1Cl.Cl.Cl. The van der Waals surface area contributed by atoms with Gasteiger partial charge < -0.3 is 10.1 Å². The van der Waals surface area contributed by atoms with E-state index in [0.717, 1.165) is 57.8 Å². The fourth-order valence-electron chi connectivity index (χ4n) is 3.66. The van der Waals surface area contributed by atoms with Crippen molar-refractivity contribution >= 4 is 36.4 Å². The Morgan fingerprint density at radius 2 is 1.83 bits per heavy atom. The van der Waals surface area contributed by atoms with Crippen molar-refractivity contribution in [1.29, 1.82) is 0 Å². The molecule has 7 heteroatoms. The van der Waals surface area contributed by atoms with Crippen molar-refractivity contribution in [2.75, 3.05) is 39.4 Å². The summed E-state index contributed by atoms with van der Waals surface area (Å²) in [4.78, 5) is 2.40. The van der Waals surface area contributed by atoms with Gasteiger partial charge in [0.25, 0.3) is 0 Å². The molecule has 0 aliphatic carbocycles. The number of rotatable bonds is 3. The highest BCUT2D eigenvalue weighted by Gasteiger charge is 2.34. The van der Waals surface area contributed by atoms with E-state index in [0.29, 0.717) is 16.5 Å². The minimum atomic E-state index is -0.175. The molecule has 1 N–H and O–H groups in total. The summed E-state index contributed by atoms with van der Waals surface area (Å²) in [6.45, 7) is 7.24. The number of nitrogens with zero attached hydrogens (tertiary/aromatic N) is 1. The predicted molar refractivity (Wildman–Crippen MR) is 101 cm³/mol. The summed E-state index contributed by atoms with van der Waals surface area (Å²) in [6.07, 6.45) is 1.94. The van der Waals surface area contributed by atoms with Crippen molar-refractivity contribution < 1.29 is 9.13 Å². The lowest BCUT2D eigenvalue weighted by Crippen LogP contribution is -2.48. The number of ether oxygens (including phenoxy) is 1. The van der Waals surface area contributed by atoms with Gasteiger partial charge in [-0.2, -0.15) is 0 Å². The fraction of sp³-hybridized carbons (Fsp3) is 0.647. The molecule has 2 heterocycles. The number of aryl methyl sites for hydroxylation is 1. The molecular weight excluding hydrogens is 374 g/mol. The summed E-state index contributed by atoms with van der Waals surface area (Å²) in [6, 6.07) is 3.38. The zero-order chi connectivity index (χ0) is 15.5. The van der Waals surface area contributed by atoms with Crippen molar-refractivity contribution in [2.24, 2.45) is 5.92 Å². The Balaban J connectivity index is 0.00000144. The van der Waals surface area contributed by atoms with Gasteiger partial charge in [-0.1, -0.05) is 17.7 Å². The van der Waals surface area contributed by atoms with Gasteiger partial charge in [0.05, 0.1) is 5.02 Å². The van der Waals surface area contributed by atoms with Crippen LogP contribution in [0.25, 0.3) is 0 Å². The average molecular weight is 400 g/mol. The van der Waals surface area contributed by atoms with Gasteiger partial charge in [-0.05, 0) is 37.3 Å². The first kappa shape index (κ1) is 21.9. The highest BCUT2D eigenvalue weighted by molar-refractivity contribution is 6.32. The van der Waals surface area contributed by atoms with Crippen LogP contribution in [0.3, 0.4) is 0 Å². The van der Waals surface area contributed by atoms with E-state index in [2.05, 4.69) is 10.2 Å². The molecule has 1 atom stereocenters. The normalized spacial score (nSPS) is 20.8. The number of halogens is 4. The van der Waals surface area contributed by atoms with Crippen LogP contribution >= 0.6 is 36.4 Å². The molecule has 2 fully saturated rings. The van der Waals surface area contributed by atoms with Crippen molar-refractivity contribution in [3.63, 3.8) is 0 Å². The molecule has 2 aliphatic heterocycles.